The number of nitrogens with zero attached hydrogens (tertiary/aromatic N) is 2. The predicted molar refractivity (Wildman–Crippen MR) is 123 cm³/mol. The maximum atomic E-state index is 13.4. The number of aliphatic hydroxyl groups is 1. The number of ether oxygens (including phenoxy) is 1. The molecule has 32 heavy (non-hydrogen) atoms. The fraction of sp³-hybridized carbons (Fsp3) is 0.370. The van der Waals surface area contributed by atoms with Crippen LogP contribution in [0.1, 0.15) is 43.0 Å². The average molecular weight is 433 g/mol. The van der Waals surface area contributed by atoms with Crippen molar-refractivity contribution in [1.29, 1.82) is 0 Å². The lowest BCUT2D eigenvalue weighted by Gasteiger charge is -2.47. The zero-order valence-electron chi connectivity index (χ0n) is 18.6. The van der Waals surface area contributed by atoms with Crippen molar-refractivity contribution in [2.45, 2.75) is 45.1 Å². The van der Waals surface area contributed by atoms with Gasteiger partial charge in [0.05, 0.1) is 30.8 Å². The molecule has 1 saturated carbocycles. The van der Waals surface area contributed by atoms with Crippen molar-refractivity contribution in [2.75, 3.05) is 7.11 Å². The van der Waals surface area contributed by atoms with Gasteiger partial charge >= 0.3 is 0 Å². The van der Waals surface area contributed by atoms with E-state index in [9.17, 15) is 9.50 Å². The molecule has 166 valence electrons. The highest BCUT2D eigenvalue weighted by molar-refractivity contribution is 5.61. The average Bonchev–Trinajstić information content (AvgIpc) is 3.19. The fourth-order valence-electron chi connectivity index (χ4n) is 5.67. The first kappa shape index (κ1) is 21.0. The summed E-state index contributed by atoms with van der Waals surface area (Å²) in [5, 5.41) is 15.9. The minimum absolute atomic E-state index is 0.0970. The molecule has 2 aromatic carbocycles. The first-order valence-electron chi connectivity index (χ1n) is 11.3. The molecule has 1 heterocycles. The van der Waals surface area contributed by atoms with E-state index in [1.165, 1.54) is 23.3 Å². The van der Waals surface area contributed by atoms with Crippen LogP contribution in [0.3, 0.4) is 0 Å². The van der Waals surface area contributed by atoms with Crippen molar-refractivity contribution in [3.8, 4) is 11.4 Å². The zero-order chi connectivity index (χ0) is 22.3. The van der Waals surface area contributed by atoms with Crippen LogP contribution in [0.15, 0.2) is 60.3 Å². The summed E-state index contributed by atoms with van der Waals surface area (Å²) < 4.78 is 20.6. The van der Waals surface area contributed by atoms with Gasteiger partial charge < -0.3 is 9.84 Å². The number of rotatable bonds is 5. The summed E-state index contributed by atoms with van der Waals surface area (Å²) in [6.07, 6.45) is 8.36. The van der Waals surface area contributed by atoms with E-state index in [4.69, 9.17) is 4.74 Å². The van der Waals surface area contributed by atoms with Gasteiger partial charge in [-0.25, -0.2) is 9.07 Å². The third-order valence-corrected chi connectivity index (χ3v) is 7.38. The van der Waals surface area contributed by atoms with Crippen molar-refractivity contribution in [2.24, 2.45) is 11.3 Å². The summed E-state index contributed by atoms with van der Waals surface area (Å²) in [4.78, 5) is 0. The lowest BCUT2D eigenvalue weighted by molar-refractivity contribution is 0.0234. The first-order chi connectivity index (χ1) is 15.5. The molecule has 1 fully saturated rings. The third-order valence-electron chi connectivity index (χ3n) is 7.38. The van der Waals surface area contributed by atoms with Gasteiger partial charge in [0.2, 0.25) is 0 Å². The molecular weight excluding hydrogens is 403 g/mol. The Bertz CT molecular complexity index is 1150. The quantitative estimate of drug-likeness (QED) is 0.590. The summed E-state index contributed by atoms with van der Waals surface area (Å²) in [6.45, 7) is 2.30. The number of hydrogen-bond donors (Lipinski definition) is 1. The Morgan fingerprint density at radius 1 is 1.25 bits per heavy atom. The van der Waals surface area contributed by atoms with Crippen LogP contribution in [0.4, 0.5) is 4.39 Å². The van der Waals surface area contributed by atoms with E-state index in [-0.39, 0.29) is 17.2 Å². The number of hydrogen-bond acceptors (Lipinski definition) is 3. The molecular formula is C27H29FN2O2. The minimum atomic E-state index is -0.426. The summed E-state index contributed by atoms with van der Waals surface area (Å²) in [5.74, 6) is 0.748. The van der Waals surface area contributed by atoms with Crippen molar-refractivity contribution in [3.63, 3.8) is 0 Å². The second-order valence-corrected chi connectivity index (χ2v) is 9.33. The Hall–Kier alpha value is -2.92. The smallest absolute Gasteiger partial charge is 0.123 e. The SMILES string of the molecule is COc1cccc(C[C@H](O)[C@H]2CCCC3=Cc4c(cnn4-c4ccc(F)cc4)C[C@@]32C)c1. The number of aromatic nitrogens is 2. The molecule has 1 N–H and O–H groups in total. The van der Waals surface area contributed by atoms with Gasteiger partial charge in [-0.05, 0) is 97.0 Å². The van der Waals surface area contributed by atoms with E-state index < -0.39 is 6.10 Å². The molecule has 2 aliphatic carbocycles. The maximum absolute atomic E-state index is 13.4. The van der Waals surface area contributed by atoms with E-state index in [0.29, 0.717) is 6.42 Å². The van der Waals surface area contributed by atoms with Crippen molar-refractivity contribution >= 4 is 6.08 Å². The van der Waals surface area contributed by atoms with E-state index in [1.807, 2.05) is 29.1 Å². The van der Waals surface area contributed by atoms with Gasteiger partial charge in [-0.15, -0.1) is 0 Å². The second-order valence-electron chi connectivity index (χ2n) is 9.33. The van der Waals surface area contributed by atoms with Gasteiger partial charge in [0, 0.05) is 0 Å². The molecule has 0 saturated heterocycles. The first-order valence-corrected chi connectivity index (χ1v) is 11.3. The Morgan fingerprint density at radius 3 is 2.84 bits per heavy atom. The van der Waals surface area contributed by atoms with Gasteiger partial charge in [-0.1, -0.05) is 24.6 Å². The zero-order valence-corrected chi connectivity index (χ0v) is 18.6. The number of halogens is 1. The van der Waals surface area contributed by atoms with E-state index in [2.05, 4.69) is 24.2 Å². The molecule has 0 bridgehead atoms. The molecule has 3 atom stereocenters. The van der Waals surface area contributed by atoms with Crippen LogP contribution in [0.25, 0.3) is 11.8 Å². The lowest BCUT2D eigenvalue weighted by Crippen LogP contribution is -2.43. The molecule has 3 aromatic rings. The normalized spacial score (nSPS) is 23.1. The van der Waals surface area contributed by atoms with Crippen molar-refractivity contribution in [3.05, 3.63) is 82.9 Å². The minimum Gasteiger partial charge on any atom is -0.497 e. The van der Waals surface area contributed by atoms with Gasteiger partial charge in [0.1, 0.15) is 11.6 Å². The largest absolute Gasteiger partial charge is 0.497 e. The Labute approximate surface area is 188 Å². The van der Waals surface area contributed by atoms with Crippen LogP contribution >= 0.6 is 0 Å². The molecule has 0 unspecified atom stereocenters. The molecule has 0 aliphatic heterocycles. The van der Waals surface area contributed by atoms with Crippen LogP contribution in [0.2, 0.25) is 0 Å². The molecule has 2 aliphatic rings. The van der Waals surface area contributed by atoms with Crippen LogP contribution in [0.5, 0.6) is 5.75 Å². The summed E-state index contributed by atoms with van der Waals surface area (Å²) in [6, 6.07) is 14.4. The van der Waals surface area contributed by atoms with Crippen molar-refractivity contribution < 1.29 is 14.2 Å². The Kier molecular flexibility index (Phi) is 5.38. The van der Waals surface area contributed by atoms with E-state index in [0.717, 1.165) is 48.4 Å². The summed E-state index contributed by atoms with van der Waals surface area (Å²) in [7, 11) is 1.67. The van der Waals surface area contributed by atoms with E-state index >= 15 is 0 Å². The van der Waals surface area contributed by atoms with Crippen LogP contribution in [-0.2, 0) is 12.8 Å². The van der Waals surface area contributed by atoms with Crippen molar-refractivity contribution in [1.82, 2.24) is 9.78 Å². The third kappa shape index (κ3) is 3.65. The molecule has 0 radical (unpaired) electrons. The highest BCUT2D eigenvalue weighted by Gasteiger charge is 2.46. The molecule has 5 heteroatoms. The van der Waals surface area contributed by atoms with Gasteiger partial charge in [0.25, 0.3) is 0 Å². The van der Waals surface area contributed by atoms with Crippen LogP contribution in [-0.4, -0.2) is 28.1 Å². The molecule has 0 spiro atoms. The topological polar surface area (TPSA) is 47.3 Å². The number of allylic oxidation sites excluding steroid dienone is 1. The second kappa shape index (κ2) is 8.21. The number of fused-ring (bicyclic) bond motifs is 2. The summed E-state index contributed by atoms with van der Waals surface area (Å²) >= 11 is 0. The highest BCUT2D eigenvalue weighted by atomic mass is 19.1. The molecule has 1 aromatic heterocycles. The van der Waals surface area contributed by atoms with Crippen LogP contribution < -0.4 is 4.74 Å². The van der Waals surface area contributed by atoms with Gasteiger partial charge in [0.15, 0.2) is 0 Å². The Morgan fingerprint density at radius 2 is 2.06 bits per heavy atom. The maximum Gasteiger partial charge on any atom is 0.123 e. The number of benzene rings is 2. The summed E-state index contributed by atoms with van der Waals surface area (Å²) in [5.41, 5.74) is 5.50. The number of aliphatic hydroxyl groups excluding tert-OH is 1. The fourth-order valence-corrected chi connectivity index (χ4v) is 5.67. The standard InChI is InChI=1S/C27H29FN2O2/c1-27-16-19-17-29-30(22-11-9-21(28)10-12-22)25(19)15-20(27)6-4-8-24(27)26(31)14-18-5-3-7-23(13-18)32-2/h3,5,7,9-13,15,17,24,26,31H,4,6,8,14,16H2,1-2H3/t24-,26+,27+/m1/s1. The molecule has 4 nitrogen and oxygen atoms in total. The monoisotopic (exact) mass is 432 g/mol. The van der Waals surface area contributed by atoms with Gasteiger partial charge in [-0.3, -0.25) is 0 Å². The predicted octanol–water partition coefficient (Wildman–Crippen LogP) is 5.37. The highest BCUT2D eigenvalue weighted by Crippen LogP contribution is 2.52. The molecule has 5 rings (SSSR count). The number of methoxy groups -OCH3 is 1. The lowest BCUT2D eigenvalue weighted by atomic mass is 9.58. The van der Waals surface area contributed by atoms with Crippen LogP contribution in [0, 0.1) is 17.2 Å². The Balaban J connectivity index is 1.44. The van der Waals surface area contributed by atoms with Gasteiger partial charge in [-0.2, -0.15) is 5.10 Å². The van der Waals surface area contributed by atoms with E-state index in [1.54, 1.807) is 19.2 Å². The molecule has 0 amide bonds.